The second-order valence-electron chi connectivity index (χ2n) is 6.55. The Hall–Kier alpha value is -1.84. The van der Waals surface area contributed by atoms with Gasteiger partial charge in [-0.25, -0.2) is 9.37 Å². The lowest BCUT2D eigenvalue weighted by Crippen LogP contribution is -2.19. The van der Waals surface area contributed by atoms with Crippen LogP contribution in [0.4, 0.5) is 10.2 Å². The van der Waals surface area contributed by atoms with Crippen molar-refractivity contribution >= 4 is 5.82 Å². The number of halogens is 1. The van der Waals surface area contributed by atoms with Gasteiger partial charge in [-0.15, -0.1) is 0 Å². The van der Waals surface area contributed by atoms with E-state index >= 15 is 0 Å². The number of hydrogen-bond acceptors (Lipinski definition) is 2. The molecule has 21 heavy (non-hydrogen) atoms. The number of nitrogens with zero attached hydrogens (tertiary/aromatic N) is 2. The van der Waals surface area contributed by atoms with E-state index in [0.717, 1.165) is 24.4 Å². The van der Waals surface area contributed by atoms with Crippen molar-refractivity contribution in [2.45, 2.75) is 53.0 Å². The Bertz CT molecular complexity index is 651. The third-order valence-electron chi connectivity index (χ3n) is 3.50. The average molecular weight is 289 g/mol. The van der Waals surface area contributed by atoms with Gasteiger partial charge in [-0.2, -0.15) is 0 Å². The van der Waals surface area contributed by atoms with E-state index in [1.807, 2.05) is 11.5 Å². The van der Waals surface area contributed by atoms with E-state index in [0.29, 0.717) is 17.1 Å². The molecule has 0 aliphatic heterocycles. The zero-order valence-electron chi connectivity index (χ0n) is 13.5. The van der Waals surface area contributed by atoms with Crippen molar-refractivity contribution in [1.82, 2.24) is 9.55 Å². The quantitative estimate of drug-likeness (QED) is 0.916. The topological polar surface area (TPSA) is 43.8 Å². The first-order valence-electron chi connectivity index (χ1n) is 7.38. The van der Waals surface area contributed by atoms with E-state index in [4.69, 9.17) is 5.73 Å². The predicted molar refractivity (Wildman–Crippen MR) is 85.8 cm³/mol. The Morgan fingerprint density at radius 1 is 1.29 bits per heavy atom. The van der Waals surface area contributed by atoms with Crippen LogP contribution in [-0.2, 0) is 12.0 Å². The first kappa shape index (κ1) is 15.5. The molecular formula is C17H24FN3. The fourth-order valence-electron chi connectivity index (χ4n) is 2.51. The fourth-order valence-corrected chi connectivity index (χ4v) is 2.51. The lowest BCUT2D eigenvalue weighted by Gasteiger charge is -2.19. The van der Waals surface area contributed by atoms with Gasteiger partial charge in [0.25, 0.3) is 0 Å². The van der Waals surface area contributed by atoms with Crippen molar-refractivity contribution < 1.29 is 4.39 Å². The van der Waals surface area contributed by atoms with Gasteiger partial charge in [-0.05, 0) is 25.5 Å². The van der Waals surface area contributed by atoms with E-state index in [1.54, 1.807) is 12.1 Å². The number of rotatable bonds is 3. The summed E-state index contributed by atoms with van der Waals surface area (Å²) < 4.78 is 16.2. The van der Waals surface area contributed by atoms with E-state index in [9.17, 15) is 4.39 Å². The molecule has 0 aliphatic carbocycles. The molecule has 3 nitrogen and oxygen atoms in total. The fraction of sp³-hybridized carbons (Fsp3) is 0.471. The van der Waals surface area contributed by atoms with Gasteiger partial charge < -0.3 is 10.3 Å². The number of hydrogen-bond donors (Lipinski definition) is 1. The monoisotopic (exact) mass is 289 g/mol. The van der Waals surface area contributed by atoms with Crippen molar-refractivity contribution in [1.29, 1.82) is 0 Å². The highest BCUT2D eigenvalue weighted by atomic mass is 19.1. The number of nitrogens with two attached hydrogens (primary N) is 1. The molecule has 1 heterocycles. The van der Waals surface area contributed by atoms with Gasteiger partial charge in [0.2, 0.25) is 0 Å². The molecule has 0 unspecified atom stereocenters. The van der Waals surface area contributed by atoms with E-state index in [2.05, 4.69) is 32.7 Å². The van der Waals surface area contributed by atoms with E-state index < -0.39 is 0 Å². The predicted octanol–water partition coefficient (Wildman–Crippen LogP) is 4.29. The van der Waals surface area contributed by atoms with Crippen LogP contribution in [0, 0.1) is 12.7 Å². The van der Waals surface area contributed by atoms with Crippen LogP contribution in [0.2, 0.25) is 0 Å². The number of imidazole rings is 1. The molecule has 4 heteroatoms. The van der Waals surface area contributed by atoms with Crippen molar-refractivity contribution in [3.05, 3.63) is 35.4 Å². The van der Waals surface area contributed by atoms with E-state index in [1.165, 1.54) is 6.07 Å². The van der Waals surface area contributed by atoms with Gasteiger partial charge in [0.15, 0.2) is 0 Å². The summed E-state index contributed by atoms with van der Waals surface area (Å²) in [5.74, 6) is 1.16. The van der Waals surface area contributed by atoms with Crippen LogP contribution in [0.15, 0.2) is 18.2 Å². The normalized spacial score (nSPS) is 11.9. The van der Waals surface area contributed by atoms with Crippen LogP contribution in [-0.4, -0.2) is 9.55 Å². The Morgan fingerprint density at radius 3 is 2.52 bits per heavy atom. The minimum absolute atomic E-state index is 0.137. The zero-order chi connectivity index (χ0) is 15.8. The summed E-state index contributed by atoms with van der Waals surface area (Å²) in [7, 11) is 0. The third-order valence-corrected chi connectivity index (χ3v) is 3.50. The molecule has 0 amide bonds. The lowest BCUT2D eigenvalue weighted by atomic mass is 9.95. The molecule has 0 saturated heterocycles. The largest absolute Gasteiger partial charge is 0.383 e. The zero-order valence-corrected chi connectivity index (χ0v) is 13.5. The first-order valence-corrected chi connectivity index (χ1v) is 7.38. The molecule has 0 spiro atoms. The second-order valence-corrected chi connectivity index (χ2v) is 6.55. The number of anilines is 1. The molecule has 0 fully saturated rings. The van der Waals surface area contributed by atoms with Crippen molar-refractivity contribution in [2.75, 3.05) is 5.73 Å². The number of nitrogen functional groups attached to an aromatic ring is 1. The minimum atomic E-state index is -0.283. The van der Waals surface area contributed by atoms with E-state index in [-0.39, 0.29) is 11.2 Å². The maximum absolute atomic E-state index is 14.2. The SMILES string of the molecule is CCCn1c(C(C)(C)C)nc(-c2cc(C)ccc2F)c1N. The molecule has 0 aliphatic rings. The van der Waals surface area contributed by atoms with Crippen LogP contribution >= 0.6 is 0 Å². The van der Waals surface area contributed by atoms with Gasteiger partial charge in [-0.1, -0.05) is 39.3 Å². The molecular weight excluding hydrogens is 265 g/mol. The molecule has 0 atom stereocenters. The highest BCUT2D eigenvalue weighted by Gasteiger charge is 2.26. The molecule has 1 aromatic carbocycles. The Balaban J connectivity index is 2.68. The molecule has 2 N–H and O–H groups in total. The molecule has 2 rings (SSSR count). The van der Waals surface area contributed by atoms with Gasteiger partial charge >= 0.3 is 0 Å². The van der Waals surface area contributed by atoms with Gasteiger partial charge in [0.1, 0.15) is 23.2 Å². The number of aryl methyl sites for hydroxylation is 1. The van der Waals surface area contributed by atoms with Crippen LogP contribution in [0.5, 0.6) is 0 Å². The summed E-state index contributed by atoms with van der Waals surface area (Å²) >= 11 is 0. The number of benzene rings is 1. The van der Waals surface area contributed by atoms with Crippen LogP contribution in [0.25, 0.3) is 11.3 Å². The summed E-state index contributed by atoms with van der Waals surface area (Å²) in [6.07, 6.45) is 0.958. The van der Waals surface area contributed by atoms with Gasteiger partial charge in [0.05, 0.1) is 0 Å². The van der Waals surface area contributed by atoms with Crippen LogP contribution in [0.3, 0.4) is 0 Å². The second kappa shape index (κ2) is 5.51. The van der Waals surface area contributed by atoms with Crippen molar-refractivity contribution in [2.24, 2.45) is 0 Å². The van der Waals surface area contributed by atoms with Gasteiger partial charge in [0, 0.05) is 17.5 Å². The lowest BCUT2D eigenvalue weighted by molar-refractivity contribution is 0.498. The first-order chi connectivity index (χ1) is 9.75. The highest BCUT2D eigenvalue weighted by Crippen LogP contribution is 2.33. The summed E-state index contributed by atoms with van der Waals surface area (Å²) in [5, 5.41) is 0. The van der Waals surface area contributed by atoms with Crippen LogP contribution < -0.4 is 5.73 Å². The molecule has 0 radical (unpaired) electrons. The number of aromatic nitrogens is 2. The standard InChI is InChI=1S/C17H24FN3/c1-6-9-21-15(19)14(20-16(21)17(3,4)5)12-10-11(2)7-8-13(12)18/h7-8,10H,6,9,19H2,1-5H3. The summed E-state index contributed by atoms with van der Waals surface area (Å²) in [4.78, 5) is 4.67. The Kier molecular flexibility index (Phi) is 4.08. The summed E-state index contributed by atoms with van der Waals surface area (Å²) in [6, 6.07) is 5.03. The minimum Gasteiger partial charge on any atom is -0.383 e. The smallest absolute Gasteiger partial charge is 0.132 e. The summed E-state index contributed by atoms with van der Waals surface area (Å²) in [5.41, 5.74) is 8.16. The molecule has 1 aromatic heterocycles. The van der Waals surface area contributed by atoms with Crippen molar-refractivity contribution in [3.63, 3.8) is 0 Å². The Morgan fingerprint density at radius 2 is 1.95 bits per heavy atom. The Labute approximate surface area is 126 Å². The average Bonchev–Trinajstić information content (AvgIpc) is 2.71. The maximum Gasteiger partial charge on any atom is 0.132 e. The third kappa shape index (κ3) is 2.94. The maximum atomic E-state index is 14.2. The molecule has 0 bridgehead atoms. The molecule has 114 valence electrons. The molecule has 2 aromatic rings. The highest BCUT2D eigenvalue weighted by molar-refractivity contribution is 5.72. The van der Waals surface area contributed by atoms with Crippen molar-refractivity contribution in [3.8, 4) is 11.3 Å². The molecule has 0 saturated carbocycles. The van der Waals surface area contributed by atoms with Gasteiger partial charge in [-0.3, -0.25) is 0 Å². The van der Waals surface area contributed by atoms with Crippen LogP contribution in [0.1, 0.15) is 45.5 Å². The summed E-state index contributed by atoms with van der Waals surface area (Å²) in [6.45, 7) is 11.1.